The standard InChI is InChI=1S/C20H25NO3/c1-5-16-6-8-17(9-7-16)14(2)21-20(22)15(3)24-19-12-10-18(23-4)11-13-19/h6-15H,5H2,1-4H3,(H,21,22)/t14-,15+/m1/s1. The van der Waals surface area contributed by atoms with Crippen molar-refractivity contribution < 1.29 is 14.3 Å². The van der Waals surface area contributed by atoms with Gasteiger partial charge >= 0.3 is 0 Å². The van der Waals surface area contributed by atoms with Gasteiger partial charge in [-0.3, -0.25) is 4.79 Å². The Morgan fingerprint density at radius 1 is 1.00 bits per heavy atom. The van der Waals surface area contributed by atoms with Crippen LogP contribution in [0.25, 0.3) is 0 Å². The molecule has 1 N–H and O–H groups in total. The normalized spacial score (nSPS) is 13.0. The first-order chi connectivity index (χ1) is 11.5. The van der Waals surface area contributed by atoms with Crippen LogP contribution in [0.5, 0.6) is 11.5 Å². The third-order valence-electron chi connectivity index (χ3n) is 3.99. The Labute approximate surface area is 143 Å². The van der Waals surface area contributed by atoms with E-state index in [0.29, 0.717) is 5.75 Å². The van der Waals surface area contributed by atoms with Crippen molar-refractivity contribution in [2.75, 3.05) is 7.11 Å². The number of carbonyl (C=O) groups is 1. The van der Waals surface area contributed by atoms with E-state index >= 15 is 0 Å². The first-order valence-corrected chi connectivity index (χ1v) is 8.23. The van der Waals surface area contributed by atoms with Gasteiger partial charge in [0.05, 0.1) is 13.2 Å². The molecule has 24 heavy (non-hydrogen) atoms. The third kappa shape index (κ3) is 4.75. The second-order valence-corrected chi connectivity index (χ2v) is 5.76. The molecule has 0 aliphatic rings. The lowest BCUT2D eigenvalue weighted by Crippen LogP contribution is -2.37. The van der Waals surface area contributed by atoms with Crippen LogP contribution in [0.2, 0.25) is 0 Å². The molecule has 2 aromatic rings. The molecule has 2 atom stereocenters. The average Bonchev–Trinajstić information content (AvgIpc) is 2.62. The number of ether oxygens (including phenoxy) is 2. The van der Waals surface area contributed by atoms with E-state index in [1.165, 1.54) is 5.56 Å². The van der Waals surface area contributed by atoms with Gasteiger partial charge < -0.3 is 14.8 Å². The average molecular weight is 327 g/mol. The van der Waals surface area contributed by atoms with Gasteiger partial charge in [-0.05, 0) is 55.7 Å². The van der Waals surface area contributed by atoms with E-state index in [0.717, 1.165) is 17.7 Å². The Morgan fingerprint density at radius 2 is 1.58 bits per heavy atom. The van der Waals surface area contributed by atoms with Crippen LogP contribution in [0.4, 0.5) is 0 Å². The van der Waals surface area contributed by atoms with E-state index in [1.807, 2.05) is 6.92 Å². The van der Waals surface area contributed by atoms with Crippen LogP contribution in [0, 0.1) is 0 Å². The lowest BCUT2D eigenvalue weighted by molar-refractivity contribution is -0.127. The maximum Gasteiger partial charge on any atom is 0.261 e. The largest absolute Gasteiger partial charge is 0.497 e. The number of methoxy groups -OCH3 is 1. The topological polar surface area (TPSA) is 47.6 Å². The van der Waals surface area contributed by atoms with Crippen LogP contribution in [0.3, 0.4) is 0 Å². The van der Waals surface area contributed by atoms with Crippen LogP contribution in [0.1, 0.15) is 37.9 Å². The third-order valence-corrected chi connectivity index (χ3v) is 3.99. The molecular weight excluding hydrogens is 302 g/mol. The van der Waals surface area contributed by atoms with E-state index < -0.39 is 6.10 Å². The minimum Gasteiger partial charge on any atom is -0.497 e. The monoisotopic (exact) mass is 327 g/mol. The van der Waals surface area contributed by atoms with Crippen LogP contribution >= 0.6 is 0 Å². The van der Waals surface area contributed by atoms with E-state index in [2.05, 4.69) is 36.5 Å². The Kier molecular flexibility index (Phi) is 6.24. The quantitative estimate of drug-likeness (QED) is 0.839. The number of hydrogen-bond donors (Lipinski definition) is 1. The van der Waals surface area contributed by atoms with Crippen molar-refractivity contribution in [2.24, 2.45) is 0 Å². The molecule has 2 rings (SSSR count). The maximum absolute atomic E-state index is 12.3. The SMILES string of the molecule is CCc1ccc([C@@H](C)NC(=O)[C@H](C)Oc2ccc(OC)cc2)cc1. The molecule has 128 valence electrons. The minimum atomic E-state index is -0.573. The van der Waals surface area contributed by atoms with Gasteiger partial charge in [-0.25, -0.2) is 0 Å². The summed E-state index contributed by atoms with van der Waals surface area (Å²) in [6, 6.07) is 15.4. The molecule has 0 unspecified atom stereocenters. The number of nitrogens with one attached hydrogen (secondary N) is 1. The predicted molar refractivity (Wildman–Crippen MR) is 95.5 cm³/mol. The highest BCUT2D eigenvalue weighted by molar-refractivity contribution is 5.81. The van der Waals surface area contributed by atoms with Crippen molar-refractivity contribution in [2.45, 2.75) is 39.3 Å². The summed E-state index contributed by atoms with van der Waals surface area (Å²) in [5, 5.41) is 2.99. The molecule has 0 saturated carbocycles. The second kappa shape index (κ2) is 8.39. The zero-order valence-corrected chi connectivity index (χ0v) is 14.7. The van der Waals surface area contributed by atoms with Gasteiger partial charge in [0.25, 0.3) is 5.91 Å². The molecule has 0 spiro atoms. The molecule has 0 heterocycles. The molecule has 0 aliphatic heterocycles. The molecule has 0 radical (unpaired) electrons. The number of amides is 1. The first kappa shape index (κ1) is 17.9. The van der Waals surface area contributed by atoms with Gasteiger partial charge in [0, 0.05) is 0 Å². The number of rotatable bonds is 7. The van der Waals surface area contributed by atoms with E-state index in [-0.39, 0.29) is 11.9 Å². The van der Waals surface area contributed by atoms with Crippen LogP contribution < -0.4 is 14.8 Å². The Bertz CT molecular complexity index is 650. The van der Waals surface area contributed by atoms with Gasteiger partial charge in [0.15, 0.2) is 6.10 Å². The smallest absolute Gasteiger partial charge is 0.261 e. The van der Waals surface area contributed by atoms with Gasteiger partial charge in [-0.2, -0.15) is 0 Å². The van der Waals surface area contributed by atoms with Crippen molar-refractivity contribution in [3.05, 3.63) is 59.7 Å². The highest BCUT2D eigenvalue weighted by Crippen LogP contribution is 2.19. The zero-order valence-electron chi connectivity index (χ0n) is 14.7. The maximum atomic E-state index is 12.3. The first-order valence-electron chi connectivity index (χ1n) is 8.23. The van der Waals surface area contributed by atoms with Crippen molar-refractivity contribution >= 4 is 5.91 Å². The summed E-state index contributed by atoms with van der Waals surface area (Å²) in [7, 11) is 1.61. The van der Waals surface area contributed by atoms with E-state index in [4.69, 9.17) is 9.47 Å². The van der Waals surface area contributed by atoms with Crippen molar-refractivity contribution in [1.82, 2.24) is 5.32 Å². The molecule has 0 aliphatic carbocycles. The van der Waals surface area contributed by atoms with Crippen molar-refractivity contribution in [1.29, 1.82) is 0 Å². The highest BCUT2D eigenvalue weighted by atomic mass is 16.5. The number of carbonyl (C=O) groups excluding carboxylic acids is 1. The van der Waals surface area contributed by atoms with Crippen LogP contribution in [-0.2, 0) is 11.2 Å². The summed E-state index contributed by atoms with van der Waals surface area (Å²) in [6.07, 6.45) is 0.434. The van der Waals surface area contributed by atoms with Crippen LogP contribution in [-0.4, -0.2) is 19.1 Å². The summed E-state index contributed by atoms with van der Waals surface area (Å²) < 4.78 is 10.8. The molecule has 2 aromatic carbocycles. The molecular formula is C20H25NO3. The molecule has 4 nitrogen and oxygen atoms in total. The summed E-state index contributed by atoms with van der Waals surface area (Å²) in [5.41, 5.74) is 2.37. The predicted octanol–water partition coefficient (Wildman–Crippen LogP) is 3.90. The van der Waals surface area contributed by atoms with Gasteiger partial charge in [-0.1, -0.05) is 31.2 Å². The fourth-order valence-electron chi connectivity index (χ4n) is 2.37. The summed E-state index contributed by atoms with van der Waals surface area (Å²) in [5.74, 6) is 1.25. The van der Waals surface area contributed by atoms with Gasteiger partial charge in [-0.15, -0.1) is 0 Å². The van der Waals surface area contributed by atoms with E-state index in [9.17, 15) is 4.79 Å². The molecule has 0 saturated heterocycles. The molecule has 0 fully saturated rings. The highest BCUT2D eigenvalue weighted by Gasteiger charge is 2.17. The Hall–Kier alpha value is -2.49. The summed E-state index contributed by atoms with van der Waals surface area (Å²) >= 11 is 0. The zero-order chi connectivity index (χ0) is 17.5. The fraction of sp³-hybridized carbons (Fsp3) is 0.350. The molecule has 0 aromatic heterocycles. The van der Waals surface area contributed by atoms with Crippen LogP contribution in [0.15, 0.2) is 48.5 Å². The molecule has 0 bridgehead atoms. The van der Waals surface area contributed by atoms with Gasteiger partial charge in [0.1, 0.15) is 11.5 Å². The molecule has 4 heteroatoms. The Balaban J connectivity index is 1.91. The van der Waals surface area contributed by atoms with Gasteiger partial charge in [0.2, 0.25) is 0 Å². The lowest BCUT2D eigenvalue weighted by atomic mass is 10.0. The minimum absolute atomic E-state index is 0.0645. The number of aryl methyl sites for hydroxylation is 1. The lowest BCUT2D eigenvalue weighted by Gasteiger charge is -2.19. The van der Waals surface area contributed by atoms with Crippen molar-refractivity contribution in [3.63, 3.8) is 0 Å². The van der Waals surface area contributed by atoms with Crippen molar-refractivity contribution in [3.8, 4) is 11.5 Å². The number of benzene rings is 2. The van der Waals surface area contributed by atoms with E-state index in [1.54, 1.807) is 38.3 Å². The fourth-order valence-corrected chi connectivity index (χ4v) is 2.37. The second-order valence-electron chi connectivity index (χ2n) is 5.76. The summed E-state index contributed by atoms with van der Waals surface area (Å²) in [4.78, 5) is 12.3. The summed E-state index contributed by atoms with van der Waals surface area (Å²) in [6.45, 7) is 5.84. The number of hydrogen-bond acceptors (Lipinski definition) is 3. The Morgan fingerprint density at radius 3 is 2.12 bits per heavy atom. The molecule has 1 amide bonds.